The second-order valence-electron chi connectivity index (χ2n) is 7.30. The first-order valence-corrected chi connectivity index (χ1v) is 11.5. The van der Waals surface area contributed by atoms with E-state index in [4.69, 9.17) is 11.6 Å². The lowest BCUT2D eigenvalue weighted by atomic mass is 10.1. The number of rotatable bonds is 6. The van der Waals surface area contributed by atoms with Crippen molar-refractivity contribution in [2.75, 3.05) is 35.8 Å². The lowest BCUT2D eigenvalue weighted by Crippen LogP contribution is -2.49. The van der Waals surface area contributed by atoms with Gasteiger partial charge in [0.15, 0.2) is 11.0 Å². The van der Waals surface area contributed by atoms with Crippen LogP contribution in [0.4, 0.5) is 11.5 Å². The number of halogens is 1. The zero-order valence-electron chi connectivity index (χ0n) is 15.8. The molecule has 1 saturated heterocycles. The summed E-state index contributed by atoms with van der Waals surface area (Å²) >= 11 is 5.77. The summed E-state index contributed by atoms with van der Waals surface area (Å²) in [5, 5.41) is 8.03. The number of amides is 1. The minimum Gasteiger partial charge on any atom is -0.352 e. The lowest BCUT2D eigenvalue weighted by molar-refractivity contribution is -0.130. The number of hydrogen-bond acceptors (Lipinski definition) is 6. The fraction of sp³-hybridized carbons (Fsp3) is 0.421. The third-order valence-electron chi connectivity index (χ3n) is 5.11. The average Bonchev–Trinajstić information content (AvgIpc) is 3.56. The smallest absolute Gasteiger partial charge is 0.235 e. The minimum absolute atomic E-state index is 0.0538. The van der Waals surface area contributed by atoms with Crippen molar-refractivity contribution in [3.63, 3.8) is 0 Å². The van der Waals surface area contributed by atoms with Gasteiger partial charge in [-0.05, 0) is 42.7 Å². The zero-order valence-corrected chi connectivity index (χ0v) is 17.4. The predicted octanol–water partition coefficient (Wildman–Crippen LogP) is 1.93. The summed E-state index contributed by atoms with van der Waals surface area (Å²) in [7, 11) is -3.27. The Kier molecular flexibility index (Phi) is 5.60. The third-order valence-corrected chi connectivity index (χ3v) is 7.18. The fourth-order valence-electron chi connectivity index (χ4n) is 3.27. The molecule has 0 bridgehead atoms. The molecular formula is C19H22ClN5O3S. The molecule has 4 rings (SSSR count). The van der Waals surface area contributed by atoms with Crippen LogP contribution in [0.5, 0.6) is 0 Å². The topological polar surface area (TPSA) is 95.5 Å². The van der Waals surface area contributed by atoms with Gasteiger partial charge in [-0.15, -0.1) is 10.2 Å². The molecule has 2 heterocycles. The van der Waals surface area contributed by atoms with Crippen LogP contribution in [0.2, 0.25) is 5.15 Å². The van der Waals surface area contributed by atoms with E-state index in [1.165, 1.54) is 0 Å². The van der Waals surface area contributed by atoms with Crippen LogP contribution in [-0.2, 0) is 21.2 Å². The first-order valence-electron chi connectivity index (χ1n) is 9.53. The number of carbonyl (C=O) groups excluding carboxylic acids is 1. The fourth-order valence-corrected chi connectivity index (χ4v) is 4.75. The second-order valence-corrected chi connectivity index (χ2v) is 9.65. The zero-order chi connectivity index (χ0) is 20.4. The summed E-state index contributed by atoms with van der Waals surface area (Å²) in [4.78, 5) is 16.5. The van der Waals surface area contributed by atoms with Gasteiger partial charge in [-0.25, -0.2) is 8.42 Å². The molecule has 1 N–H and O–H groups in total. The number of aromatic nitrogens is 2. The van der Waals surface area contributed by atoms with Gasteiger partial charge in [-0.3, -0.25) is 9.52 Å². The first-order chi connectivity index (χ1) is 13.9. The summed E-state index contributed by atoms with van der Waals surface area (Å²) in [5.74, 6) is 0.809. The van der Waals surface area contributed by atoms with E-state index in [0.29, 0.717) is 37.0 Å². The number of carbonyl (C=O) groups is 1. The molecule has 2 aliphatic rings. The van der Waals surface area contributed by atoms with Gasteiger partial charge >= 0.3 is 0 Å². The van der Waals surface area contributed by atoms with E-state index in [9.17, 15) is 13.2 Å². The molecule has 1 aromatic heterocycles. The van der Waals surface area contributed by atoms with Crippen molar-refractivity contribution < 1.29 is 13.2 Å². The predicted molar refractivity (Wildman–Crippen MR) is 112 cm³/mol. The molecule has 2 fully saturated rings. The van der Waals surface area contributed by atoms with Crippen molar-refractivity contribution >= 4 is 39.0 Å². The highest BCUT2D eigenvalue weighted by Crippen LogP contribution is 2.29. The highest BCUT2D eigenvalue weighted by Gasteiger charge is 2.35. The number of piperazine rings is 1. The van der Waals surface area contributed by atoms with E-state index in [2.05, 4.69) is 19.8 Å². The summed E-state index contributed by atoms with van der Waals surface area (Å²) in [5.41, 5.74) is 1.39. The minimum atomic E-state index is -3.27. The van der Waals surface area contributed by atoms with E-state index in [1.807, 2.05) is 11.0 Å². The van der Waals surface area contributed by atoms with E-state index < -0.39 is 10.0 Å². The van der Waals surface area contributed by atoms with E-state index >= 15 is 0 Å². The molecule has 29 heavy (non-hydrogen) atoms. The van der Waals surface area contributed by atoms with Crippen LogP contribution in [0, 0.1) is 0 Å². The molecule has 1 amide bonds. The maximum absolute atomic E-state index is 12.6. The van der Waals surface area contributed by atoms with Gasteiger partial charge in [0.2, 0.25) is 15.9 Å². The number of nitrogens with one attached hydrogen (secondary N) is 1. The normalized spacial score (nSPS) is 17.3. The highest BCUT2D eigenvalue weighted by molar-refractivity contribution is 7.93. The van der Waals surface area contributed by atoms with Crippen LogP contribution in [0.3, 0.4) is 0 Å². The molecular weight excluding hydrogens is 414 g/mol. The van der Waals surface area contributed by atoms with Crippen molar-refractivity contribution in [1.29, 1.82) is 0 Å². The second kappa shape index (κ2) is 8.16. The van der Waals surface area contributed by atoms with Gasteiger partial charge in [0.05, 0.1) is 11.7 Å². The molecule has 154 valence electrons. The van der Waals surface area contributed by atoms with Gasteiger partial charge in [0.25, 0.3) is 0 Å². The summed E-state index contributed by atoms with van der Waals surface area (Å²) < 4.78 is 26.6. The van der Waals surface area contributed by atoms with Gasteiger partial charge < -0.3 is 9.80 Å². The Morgan fingerprint density at radius 1 is 1.03 bits per heavy atom. The van der Waals surface area contributed by atoms with Crippen LogP contribution >= 0.6 is 11.6 Å². The highest BCUT2D eigenvalue weighted by atomic mass is 35.5. The monoisotopic (exact) mass is 435 g/mol. The first kappa shape index (κ1) is 19.9. The molecule has 2 aromatic rings. The Hall–Kier alpha value is -2.39. The molecule has 0 atom stereocenters. The van der Waals surface area contributed by atoms with Crippen LogP contribution in [-0.4, -0.2) is 60.9 Å². The SMILES string of the molecule is O=C(Cc1ccc(NS(=O)(=O)C2CC2)cc1)N1CCN(c2ccc(Cl)nn2)CC1. The number of anilines is 2. The molecule has 1 saturated carbocycles. The van der Waals surface area contributed by atoms with Crippen molar-refractivity contribution in [2.24, 2.45) is 0 Å². The molecule has 1 aliphatic heterocycles. The molecule has 1 aliphatic carbocycles. The van der Waals surface area contributed by atoms with Crippen molar-refractivity contribution in [1.82, 2.24) is 15.1 Å². The van der Waals surface area contributed by atoms with Gasteiger partial charge in [0.1, 0.15) is 0 Å². The van der Waals surface area contributed by atoms with Crippen molar-refractivity contribution in [2.45, 2.75) is 24.5 Å². The quantitative estimate of drug-likeness (QED) is 0.744. The Morgan fingerprint density at radius 2 is 1.72 bits per heavy atom. The molecule has 1 aromatic carbocycles. The largest absolute Gasteiger partial charge is 0.352 e. The number of benzene rings is 1. The number of hydrogen-bond donors (Lipinski definition) is 1. The number of sulfonamides is 1. The molecule has 0 unspecified atom stereocenters. The Morgan fingerprint density at radius 3 is 2.31 bits per heavy atom. The standard InChI is InChI=1S/C19H22ClN5O3S/c20-17-7-8-18(22-21-17)24-9-11-25(12-10-24)19(26)13-14-1-3-15(4-2-14)23-29(27,28)16-5-6-16/h1-4,7-8,16,23H,5-6,9-13H2. The molecule has 8 nitrogen and oxygen atoms in total. The molecule has 0 radical (unpaired) electrons. The van der Waals surface area contributed by atoms with Gasteiger partial charge in [-0.1, -0.05) is 23.7 Å². The Balaban J connectivity index is 1.29. The Labute approximate surface area is 174 Å². The molecule has 10 heteroatoms. The van der Waals surface area contributed by atoms with Crippen LogP contribution in [0.15, 0.2) is 36.4 Å². The van der Waals surface area contributed by atoms with E-state index in [1.54, 1.807) is 30.3 Å². The lowest BCUT2D eigenvalue weighted by Gasteiger charge is -2.35. The maximum atomic E-state index is 12.6. The third kappa shape index (κ3) is 4.97. The van der Waals surface area contributed by atoms with E-state index in [-0.39, 0.29) is 17.6 Å². The summed E-state index contributed by atoms with van der Waals surface area (Å²) in [6, 6.07) is 10.5. The van der Waals surface area contributed by atoms with Crippen LogP contribution < -0.4 is 9.62 Å². The van der Waals surface area contributed by atoms with Crippen molar-refractivity contribution in [3.8, 4) is 0 Å². The maximum Gasteiger partial charge on any atom is 0.235 e. The summed E-state index contributed by atoms with van der Waals surface area (Å²) in [6.07, 6.45) is 1.73. The average molecular weight is 436 g/mol. The Bertz CT molecular complexity index is 970. The molecule has 0 spiro atoms. The van der Waals surface area contributed by atoms with E-state index in [0.717, 1.165) is 24.2 Å². The van der Waals surface area contributed by atoms with Crippen LogP contribution in [0.1, 0.15) is 18.4 Å². The van der Waals surface area contributed by atoms with Crippen LogP contribution in [0.25, 0.3) is 0 Å². The summed E-state index contributed by atoms with van der Waals surface area (Å²) in [6.45, 7) is 2.60. The van der Waals surface area contributed by atoms with Crippen molar-refractivity contribution in [3.05, 3.63) is 47.1 Å². The van der Waals surface area contributed by atoms with Gasteiger partial charge in [-0.2, -0.15) is 0 Å². The van der Waals surface area contributed by atoms with Gasteiger partial charge in [0, 0.05) is 31.9 Å². The number of nitrogens with zero attached hydrogens (tertiary/aromatic N) is 4.